The molecule has 0 saturated heterocycles. The molecule has 1 N–H and O–H groups in total. The third-order valence-corrected chi connectivity index (χ3v) is 4.99. The summed E-state index contributed by atoms with van der Waals surface area (Å²) < 4.78 is 0. The van der Waals surface area contributed by atoms with E-state index in [1.54, 1.807) is 0 Å². The SMILES string of the molecule is CC1c2ccccc2-c2ccc(C3=C(CCO)C=CC3)cc21. The van der Waals surface area contributed by atoms with Gasteiger partial charge in [0, 0.05) is 12.5 Å². The molecule has 1 unspecified atom stereocenters. The van der Waals surface area contributed by atoms with E-state index in [9.17, 15) is 5.11 Å². The highest BCUT2D eigenvalue weighted by atomic mass is 16.2. The molecule has 2 aliphatic carbocycles. The standard InChI is InChI=1S/C21H20O/c1-14-17-6-2-3-7-19(17)20-10-9-16(13-21(14)20)18-8-4-5-15(18)11-12-22/h2-7,9-10,13-14,22H,8,11-12H2,1H3. The van der Waals surface area contributed by atoms with E-state index < -0.39 is 0 Å². The van der Waals surface area contributed by atoms with Crippen molar-refractivity contribution in [1.29, 1.82) is 0 Å². The summed E-state index contributed by atoms with van der Waals surface area (Å²) in [5.41, 5.74) is 9.59. The van der Waals surface area contributed by atoms with E-state index in [0.717, 1.165) is 12.8 Å². The van der Waals surface area contributed by atoms with Gasteiger partial charge in [-0.2, -0.15) is 0 Å². The van der Waals surface area contributed by atoms with Crippen molar-refractivity contribution < 1.29 is 5.11 Å². The van der Waals surface area contributed by atoms with Crippen LogP contribution in [0.25, 0.3) is 16.7 Å². The second-order valence-electron chi connectivity index (χ2n) is 6.19. The first-order valence-electron chi connectivity index (χ1n) is 8.02. The largest absolute Gasteiger partial charge is 0.396 e. The quantitative estimate of drug-likeness (QED) is 0.850. The van der Waals surface area contributed by atoms with Gasteiger partial charge in [0.25, 0.3) is 0 Å². The average molecular weight is 288 g/mol. The van der Waals surface area contributed by atoms with Crippen LogP contribution in [0, 0.1) is 0 Å². The first-order valence-corrected chi connectivity index (χ1v) is 8.02. The van der Waals surface area contributed by atoms with Crippen molar-refractivity contribution in [2.45, 2.75) is 25.7 Å². The molecule has 1 nitrogen and oxygen atoms in total. The van der Waals surface area contributed by atoms with Crippen molar-refractivity contribution in [3.8, 4) is 11.1 Å². The molecule has 0 radical (unpaired) electrons. The topological polar surface area (TPSA) is 20.2 Å². The van der Waals surface area contributed by atoms with E-state index >= 15 is 0 Å². The van der Waals surface area contributed by atoms with Crippen molar-refractivity contribution in [2.75, 3.05) is 6.61 Å². The highest BCUT2D eigenvalue weighted by Crippen LogP contribution is 2.45. The first kappa shape index (κ1) is 13.5. The fraction of sp³-hybridized carbons (Fsp3) is 0.238. The zero-order valence-electron chi connectivity index (χ0n) is 12.8. The minimum atomic E-state index is 0.218. The number of aliphatic hydroxyl groups excluding tert-OH is 1. The number of allylic oxidation sites excluding steroid dienone is 3. The molecule has 0 bridgehead atoms. The second kappa shape index (κ2) is 5.26. The van der Waals surface area contributed by atoms with E-state index in [4.69, 9.17) is 0 Å². The van der Waals surface area contributed by atoms with Gasteiger partial charge >= 0.3 is 0 Å². The average Bonchev–Trinajstić information content (AvgIpc) is 3.12. The highest BCUT2D eigenvalue weighted by Gasteiger charge is 2.25. The van der Waals surface area contributed by atoms with Crippen LogP contribution < -0.4 is 0 Å². The smallest absolute Gasteiger partial charge is 0.0471 e. The monoisotopic (exact) mass is 288 g/mol. The van der Waals surface area contributed by atoms with Gasteiger partial charge in [-0.1, -0.05) is 61.5 Å². The summed E-state index contributed by atoms with van der Waals surface area (Å²) in [6.07, 6.45) is 6.09. The molecule has 1 atom stereocenters. The lowest BCUT2D eigenvalue weighted by molar-refractivity contribution is 0.300. The zero-order chi connectivity index (χ0) is 15.1. The molecule has 0 aromatic heterocycles. The van der Waals surface area contributed by atoms with Crippen molar-refractivity contribution in [2.24, 2.45) is 0 Å². The number of hydrogen-bond acceptors (Lipinski definition) is 1. The normalized spacial score (nSPS) is 18.7. The summed E-state index contributed by atoms with van der Waals surface area (Å²) in [4.78, 5) is 0. The molecule has 0 saturated carbocycles. The Balaban J connectivity index is 1.80. The Morgan fingerprint density at radius 2 is 1.86 bits per heavy atom. The van der Waals surface area contributed by atoms with Crippen molar-refractivity contribution in [1.82, 2.24) is 0 Å². The molecule has 2 aromatic carbocycles. The van der Waals surface area contributed by atoms with Crippen LogP contribution in [-0.4, -0.2) is 11.7 Å². The highest BCUT2D eigenvalue weighted by molar-refractivity contribution is 5.83. The van der Waals surface area contributed by atoms with E-state index in [1.165, 1.54) is 39.0 Å². The van der Waals surface area contributed by atoms with Crippen molar-refractivity contribution in [3.05, 3.63) is 76.9 Å². The Morgan fingerprint density at radius 1 is 1.05 bits per heavy atom. The fourth-order valence-corrected chi connectivity index (χ4v) is 3.85. The molecule has 22 heavy (non-hydrogen) atoms. The van der Waals surface area contributed by atoms with Crippen LogP contribution in [0.5, 0.6) is 0 Å². The molecule has 0 spiro atoms. The van der Waals surface area contributed by atoms with E-state index in [2.05, 4.69) is 61.5 Å². The minimum absolute atomic E-state index is 0.218. The molecule has 0 aliphatic heterocycles. The van der Waals surface area contributed by atoms with Crippen LogP contribution in [0.4, 0.5) is 0 Å². The maximum atomic E-state index is 9.24. The number of rotatable bonds is 3. The van der Waals surface area contributed by atoms with Gasteiger partial charge < -0.3 is 5.11 Å². The minimum Gasteiger partial charge on any atom is -0.396 e. The van der Waals surface area contributed by atoms with Gasteiger partial charge in [0.1, 0.15) is 0 Å². The van der Waals surface area contributed by atoms with Crippen LogP contribution >= 0.6 is 0 Å². The number of fused-ring (bicyclic) bond motifs is 3. The molecular formula is C21H20O. The summed E-state index contributed by atoms with van der Waals surface area (Å²) in [5.74, 6) is 0.461. The molecular weight excluding hydrogens is 268 g/mol. The van der Waals surface area contributed by atoms with Crippen LogP contribution in [-0.2, 0) is 0 Å². The summed E-state index contributed by atoms with van der Waals surface area (Å²) in [5, 5.41) is 9.24. The number of aliphatic hydroxyl groups is 1. The third kappa shape index (κ3) is 1.97. The van der Waals surface area contributed by atoms with Crippen LogP contribution in [0.1, 0.15) is 42.4 Å². The summed E-state index contributed by atoms with van der Waals surface area (Å²) in [6, 6.07) is 15.6. The Labute approximate surface area is 131 Å². The zero-order valence-corrected chi connectivity index (χ0v) is 12.8. The Kier molecular flexibility index (Phi) is 3.24. The Bertz CT molecular complexity index is 795. The Hall–Kier alpha value is -2.12. The third-order valence-electron chi connectivity index (χ3n) is 4.99. The van der Waals surface area contributed by atoms with E-state index in [1.807, 2.05) is 0 Å². The maximum Gasteiger partial charge on any atom is 0.0471 e. The van der Waals surface area contributed by atoms with Gasteiger partial charge in [0.2, 0.25) is 0 Å². The maximum absolute atomic E-state index is 9.24. The lowest BCUT2D eigenvalue weighted by Crippen LogP contribution is -1.93. The molecule has 1 heteroatoms. The van der Waals surface area contributed by atoms with Crippen LogP contribution in [0.2, 0.25) is 0 Å². The van der Waals surface area contributed by atoms with Crippen molar-refractivity contribution >= 4 is 5.57 Å². The lowest BCUT2D eigenvalue weighted by Gasteiger charge is -2.11. The second-order valence-corrected chi connectivity index (χ2v) is 6.19. The van der Waals surface area contributed by atoms with E-state index in [-0.39, 0.29) is 6.61 Å². The predicted octanol–water partition coefficient (Wildman–Crippen LogP) is 4.91. The number of benzene rings is 2. The fourth-order valence-electron chi connectivity index (χ4n) is 3.85. The van der Waals surface area contributed by atoms with Crippen molar-refractivity contribution in [3.63, 3.8) is 0 Å². The van der Waals surface area contributed by atoms with Gasteiger partial charge in [-0.25, -0.2) is 0 Å². The van der Waals surface area contributed by atoms with Gasteiger partial charge in [0.15, 0.2) is 0 Å². The van der Waals surface area contributed by atoms with Gasteiger partial charge in [0.05, 0.1) is 0 Å². The van der Waals surface area contributed by atoms with Crippen LogP contribution in [0.3, 0.4) is 0 Å². The summed E-state index contributed by atoms with van der Waals surface area (Å²) in [7, 11) is 0. The first-order chi connectivity index (χ1) is 10.8. The van der Waals surface area contributed by atoms with E-state index in [0.29, 0.717) is 5.92 Å². The summed E-state index contributed by atoms with van der Waals surface area (Å²) >= 11 is 0. The van der Waals surface area contributed by atoms with Crippen LogP contribution in [0.15, 0.2) is 60.2 Å². The molecule has 0 amide bonds. The Morgan fingerprint density at radius 3 is 2.73 bits per heavy atom. The molecule has 0 fully saturated rings. The molecule has 2 aromatic rings. The lowest BCUT2D eigenvalue weighted by atomic mass is 9.93. The predicted molar refractivity (Wildman–Crippen MR) is 91.8 cm³/mol. The molecule has 2 aliphatic rings. The molecule has 4 rings (SSSR count). The molecule has 0 heterocycles. The summed E-state index contributed by atoms with van der Waals surface area (Å²) in [6.45, 7) is 2.51. The van der Waals surface area contributed by atoms with Gasteiger partial charge in [-0.05, 0) is 51.8 Å². The molecule has 110 valence electrons. The van der Waals surface area contributed by atoms with Gasteiger partial charge in [-0.15, -0.1) is 0 Å². The number of hydrogen-bond donors (Lipinski definition) is 1. The van der Waals surface area contributed by atoms with Gasteiger partial charge in [-0.3, -0.25) is 0 Å².